The summed E-state index contributed by atoms with van der Waals surface area (Å²) in [6.07, 6.45) is -0.718. The van der Waals surface area contributed by atoms with Gasteiger partial charge in [0.25, 0.3) is 0 Å². The minimum Gasteiger partial charge on any atom is -0.460 e. The minimum absolute atomic E-state index is 0.326. The average molecular weight is 292 g/mol. The van der Waals surface area contributed by atoms with Gasteiger partial charge in [0, 0.05) is 5.56 Å². The number of benzene rings is 1. The van der Waals surface area contributed by atoms with Crippen LogP contribution in [0.3, 0.4) is 0 Å². The molecule has 1 aromatic rings. The molecule has 0 aliphatic heterocycles. The zero-order chi connectivity index (χ0) is 16.0. The van der Waals surface area contributed by atoms with Crippen molar-refractivity contribution < 1.29 is 23.9 Å². The molecular weight excluding hydrogens is 272 g/mol. The summed E-state index contributed by atoms with van der Waals surface area (Å²) in [6, 6.07) is 8.59. The normalized spacial score (nSPS) is 13.4. The summed E-state index contributed by atoms with van der Waals surface area (Å²) in [5.41, 5.74) is -1.08. The highest BCUT2D eigenvalue weighted by molar-refractivity contribution is 5.95. The number of Topliss-reactive ketones (excluding diaryl/α,β-unsaturated/α-hetero) is 1. The fourth-order valence-electron chi connectivity index (χ4n) is 1.77. The van der Waals surface area contributed by atoms with Gasteiger partial charge in [0.2, 0.25) is 5.60 Å². The predicted octanol–water partition coefficient (Wildman–Crippen LogP) is 2.38. The van der Waals surface area contributed by atoms with Crippen LogP contribution in [0, 0.1) is 0 Å². The molecule has 0 heterocycles. The number of carbonyl (C=O) groups is 3. The lowest BCUT2D eigenvalue weighted by molar-refractivity contribution is -0.185. The third kappa shape index (κ3) is 4.70. The highest BCUT2D eigenvalue weighted by atomic mass is 16.6. The molecule has 0 amide bonds. The van der Waals surface area contributed by atoms with E-state index in [4.69, 9.17) is 9.47 Å². The maximum atomic E-state index is 12.3. The molecule has 0 spiro atoms. The van der Waals surface area contributed by atoms with Crippen molar-refractivity contribution in [2.24, 2.45) is 0 Å². The molecule has 0 bridgehead atoms. The Kier molecular flexibility index (Phi) is 5.64. The van der Waals surface area contributed by atoms with Gasteiger partial charge in [-0.05, 0) is 27.7 Å². The summed E-state index contributed by atoms with van der Waals surface area (Å²) < 4.78 is 10.4. The molecule has 5 heteroatoms. The summed E-state index contributed by atoms with van der Waals surface area (Å²) >= 11 is 0. The van der Waals surface area contributed by atoms with Gasteiger partial charge in [0.05, 0.1) is 6.10 Å². The third-order valence-corrected chi connectivity index (χ3v) is 2.77. The van der Waals surface area contributed by atoms with Gasteiger partial charge in [-0.15, -0.1) is 0 Å². The summed E-state index contributed by atoms with van der Waals surface area (Å²) in [6.45, 7) is 6.17. The summed E-state index contributed by atoms with van der Waals surface area (Å²) in [7, 11) is 0. The number of carbonyl (C=O) groups excluding carboxylic acids is 3. The van der Waals surface area contributed by atoms with Crippen LogP contribution in [0.1, 0.15) is 39.7 Å². The van der Waals surface area contributed by atoms with E-state index in [1.54, 1.807) is 44.2 Å². The third-order valence-electron chi connectivity index (χ3n) is 2.77. The van der Waals surface area contributed by atoms with Gasteiger partial charge in [0.1, 0.15) is 12.2 Å². The number of hydrogen-bond donors (Lipinski definition) is 0. The Morgan fingerprint density at radius 3 is 2.19 bits per heavy atom. The molecule has 0 aromatic heterocycles. The van der Waals surface area contributed by atoms with E-state index in [1.807, 2.05) is 0 Å². The number of hydrogen-bond acceptors (Lipinski definition) is 5. The quantitative estimate of drug-likeness (QED) is 0.594. The Labute approximate surface area is 124 Å². The lowest BCUT2D eigenvalue weighted by Crippen LogP contribution is -2.40. The van der Waals surface area contributed by atoms with Gasteiger partial charge < -0.3 is 9.47 Å². The molecule has 0 aliphatic carbocycles. The van der Waals surface area contributed by atoms with Crippen LogP contribution in [-0.2, 0) is 29.5 Å². The van der Waals surface area contributed by atoms with Crippen molar-refractivity contribution >= 4 is 17.7 Å². The number of esters is 2. The Bertz CT molecular complexity index is 521. The van der Waals surface area contributed by atoms with Crippen LogP contribution in [0.15, 0.2) is 30.3 Å². The second-order valence-corrected chi connectivity index (χ2v) is 5.21. The molecule has 0 radical (unpaired) electrons. The molecule has 0 aliphatic rings. The van der Waals surface area contributed by atoms with Crippen molar-refractivity contribution in [1.82, 2.24) is 0 Å². The van der Waals surface area contributed by atoms with E-state index in [0.717, 1.165) is 0 Å². The van der Waals surface area contributed by atoms with Gasteiger partial charge in [-0.1, -0.05) is 30.3 Å². The SMILES string of the molecule is CC(=O)CC(=O)O[C@](C)(C(=O)OC(C)C)c1ccccc1. The predicted molar refractivity (Wildman–Crippen MR) is 76.4 cm³/mol. The monoisotopic (exact) mass is 292 g/mol. The molecule has 1 rings (SSSR count). The van der Waals surface area contributed by atoms with E-state index in [2.05, 4.69) is 0 Å². The second kappa shape index (κ2) is 7.02. The van der Waals surface area contributed by atoms with Crippen molar-refractivity contribution in [3.05, 3.63) is 35.9 Å². The minimum atomic E-state index is -1.57. The van der Waals surface area contributed by atoms with E-state index in [1.165, 1.54) is 13.8 Å². The van der Waals surface area contributed by atoms with E-state index in [9.17, 15) is 14.4 Å². The van der Waals surface area contributed by atoms with E-state index >= 15 is 0 Å². The molecule has 1 atom stereocenters. The molecule has 0 saturated carbocycles. The number of ether oxygens (including phenoxy) is 2. The summed E-state index contributed by atoms with van der Waals surface area (Å²) in [5, 5.41) is 0. The first kappa shape index (κ1) is 16.9. The fraction of sp³-hybridized carbons (Fsp3) is 0.438. The van der Waals surface area contributed by atoms with Crippen LogP contribution >= 0.6 is 0 Å². The average Bonchev–Trinajstić information content (AvgIpc) is 2.37. The smallest absolute Gasteiger partial charge is 0.355 e. The van der Waals surface area contributed by atoms with Crippen LogP contribution in [0.4, 0.5) is 0 Å². The molecular formula is C16H20O5. The Balaban J connectivity index is 3.08. The van der Waals surface area contributed by atoms with Crippen molar-refractivity contribution in [3.63, 3.8) is 0 Å². The summed E-state index contributed by atoms with van der Waals surface area (Å²) in [4.78, 5) is 35.1. The van der Waals surface area contributed by atoms with E-state index in [0.29, 0.717) is 5.56 Å². The van der Waals surface area contributed by atoms with E-state index in [-0.39, 0.29) is 18.3 Å². The van der Waals surface area contributed by atoms with Crippen molar-refractivity contribution in [2.75, 3.05) is 0 Å². The van der Waals surface area contributed by atoms with Gasteiger partial charge in [-0.2, -0.15) is 0 Å². The van der Waals surface area contributed by atoms with Gasteiger partial charge >= 0.3 is 11.9 Å². The lowest BCUT2D eigenvalue weighted by atomic mass is 9.95. The zero-order valence-electron chi connectivity index (χ0n) is 12.7. The molecule has 21 heavy (non-hydrogen) atoms. The van der Waals surface area contributed by atoms with Crippen LogP contribution in [0.2, 0.25) is 0 Å². The molecule has 5 nitrogen and oxygen atoms in total. The first-order valence-electron chi connectivity index (χ1n) is 6.73. The van der Waals surface area contributed by atoms with Crippen LogP contribution in [0.5, 0.6) is 0 Å². The highest BCUT2D eigenvalue weighted by Crippen LogP contribution is 2.28. The topological polar surface area (TPSA) is 69.7 Å². The molecule has 114 valence electrons. The first-order chi connectivity index (χ1) is 9.75. The van der Waals surface area contributed by atoms with Crippen molar-refractivity contribution in [1.29, 1.82) is 0 Å². The Morgan fingerprint density at radius 2 is 1.71 bits per heavy atom. The standard InChI is InChI=1S/C16H20O5/c1-11(2)20-15(19)16(4,13-8-6-5-7-9-13)21-14(18)10-12(3)17/h5-9,11H,10H2,1-4H3/t16-/m0/s1. The maximum Gasteiger partial charge on any atom is 0.355 e. The molecule has 0 saturated heterocycles. The molecule has 1 aromatic carbocycles. The van der Waals surface area contributed by atoms with Crippen LogP contribution < -0.4 is 0 Å². The lowest BCUT2D eigenvalue weighted by Gasteiger charge is -2.28. The Hall–Kier alpha value is -2.17. The molecule has 0 fully saturated rings. The van der Waals surface area contributed by atoms with Crippen LogP contribution in [0.25, 0.3) is 0 Å². The fourth-order valence-corrected chi connectivity index (χ4v) is 1.77. The largest absolute Gasteiger partial charge is 0.460 e. The molecule has 0 N–H and O–H groups in total. The van der Waals surface area contributed by atoms with Gasteiger partial charge in [-0.3, -0.25) is 9.59 Å². The van der Waals surface area contributed by atoms with Crippen LogP contribution in [-0.4, -0.2) is 23.8 Å². The second-order valence-electron chi connectivity index (χ2n) is 5.21. The van der Waals surface area contributed by atoms with Gasteiger partial charge in [-0.25, -0.2) is 4.79 Å². The maximum absolute atomic E-state index is 12.3. The molecule has 0 unspecified atom stereocenters. The van der Waals surface area contributed by atoms with Crippen molar-refractivity contribution in [2.45, 2.75) is 45.8 Å². The number of rotatable bonds is 6. The van der Waals surface area contributed by atoms with Crippen molar-refractivity contribution in [3.8, 4) is 0 Å². The van der Waals surface area contributed by atoms with Gasteiger partial charge in [0.15, 0.2) is 0 Å². The van der Waals surface area contributed by atoms with E-state index < -0.39 is 17.5 Å². The summed E-state index contributed by atoms with van der Waals surface area (Å²) in [5.74, 6) is -1.75. The first-order valence-corrected chi connectivity index (χ1v) is 6.73. The zero-order valence-corrected chi connectivity index (χ0v) is 12.7. The Morgan fingerprint density at radius 1 is 1.14 bits per heavy atom. The highest BCUT2D eigenvalue weighted by Gasteiger charge is 2.41. The number of ketones is 1.